The zero-order valence-electron chi connectivity index (χ0n) is 10.3. The van der Waals surface area contributed by atoms with Crippen LogP contribution in [0, 0.1) is 6.92 Å². The molecule has 1 fully saturated rings. The van der Waals surface area contributed by atoms with Crippen LogP contribution in [0.5, 0.6) is 0 Å². The Morgan fingerprint density at radius 3 is 3.06 bits per heavy atom. The summed E-state index contributed by atoms with van der Waals surface area (Å²) in [5.41, 5.74) is 2.03. The van der Waals surface area contributed by atoms with Crippen molar-refractivity contribution in [2.24, 2.45) is 0 Å². The lowest BCUT2D eigenvalue weighted by Crippen LogP contribution is -2.52. The molecule has 5 heteroatoms. The predicted octanol–water partition coefficient (Wildman–Crippen LogP) is 1.90. The Morgan fingerprint density at radius 1 is 1.61 bits per heavy atom. The SMILES string of the molecule is Cc1ccc(N2CCNCC2CC(=O)O)cc1Cl. The molecular weight excluding hydrogens is 252 g/mol. The fourth-order valence-corrected chi connectivity index (χ4v) is 2.42. The number of piperazine rings is 1. The van der Waals surface area contributed by atoms with E-state index in [1.54, 1.807) is 0 Å². The largest absolute Gasteiger partial charge is 0.481 e. The first-order valence-corrected chi connectivity index (χ1v) is 6.41. The van der Waals surface area contributed by atoms with Crippen molar-refractivity contribution >= 4 is 23.3 Å². The summed E-state index contributed by atoms with van der Waals surface area (Å²) in [5.74, 6) is -0.771. The van der Waals surface area contributed by atoms with Crippen LogP contribution in [-0.4, -0.2) is 36.8 Å². The number of aliphatic carboxylic acids is 1. The van der Waals surface area contributed by atoms with Crippen LogP contribution in [0.3, 0.4) is 0 Å². The van der Waals surface area contributed by atoms with Gasteiger partial charge in [0.25, 0.3) is 0 Å². The summed E-state index contributed by atoms with van der Waals surface area (Å²) in [6.45, 7) is 4.31. The number of rotatable bonds is 3. The summed E-state index contributed by atoms with van der Waals surface area (Å²) < 4.78 is 0. The summed E-state index contributed by atoms with van der Waals surface area (Å²) in [7, 11) is 0. The number of carboxylic acids is 1. The lowest BCUT2D eigenvalue weighted by atomic mass is 10.1. The molecule has 0 aliphatic carbocycles. The van der Waals surface area contributed by atoms with Gasteiger partial charge >= 0.3 is 5.97 Å². The molecule has 1 heterocycles. The van der Waals surface area contributed by atoms with E-state index in [1.807, 2.05) is 25.1 Å². The number of nitrogens with zero attached hydrogens (tertiary/aromatic N) is 1. The van der Waals surface area contributed by atoms with Crippen molar-refractivity contribution in [2.75, 3.05) is 24.5 Å². The van der Waals surface area contributed by atoms with Crippen molar-refractivity contribution in [3.05, 3.63) is 28.8 Å². The minimum atomic E-state index is -0.771. The van der Waals surface area contributed by atoms with E-state index < -0.39 is 5.97 Å². The van der Waals surface area contributed by atoms with Gasteiger partial charge in [0, 0.05) is 30.3 Å². The van der Waals surface area contributed by atoms with Crippen LogP contribution in [0.4, 0.5) is 5.69 Å². The van der Waals surface area contributed by atoms with Gasteiger partial charge in [0.05, 0.1) is 12.5 Å². The zero-order chi connectivity index (χ0) is 13.1. The number of hydrogen-bond acceptors (Lipinski definition) is 3. The van der Waals surface area contributed by atoms with Gasteiger partial charge in [-0.3, -0.25) is 4.79 Å². The highest BCUT2D eigenvalue weighted by atomic mass is 35.5. The van der Waals surface area contributed by atoms with E-state index in [4.69, 9.17) is 16.7 Å². The van der Waals surface area contributed by atoms with Crippen molar-refractivity contribution in [1.82, 2.24) is 5.32 Å². The molecular formula is C13H17ClN2O2. The molecule has 0 spiro atoms. The molecule has 1 saturated heterocycles. The first-order valence-electron chi connectivity index (χ1n) is 6.03. The maximum atomic E-state index is 10.9. The lowest BCUT2D eigenvalue weighted by molar-refractivity contribution is -0.137. The minimum absolute atomic E-state index is 0.0185. The van der Waals surface area contributed by atoms with Crippen molar-refractivity contribution in [2.45, 2.75) is 19.4 Å². The number of carboxylic acid groups (broad SMARTS) is 1. The molecule has 18 heavy (non-hydrogen) atoms. The Hall–Kier alpha value is -1.26. The van der Waals surface area contributed by atoms with Crippen LogP contribution in [0.25, 0.3) is 0 Å². The molecule has 4 nitrogen and oxygen atoms in total. The fourth-order valence-electron chi connectivity index (χ4n) is 2.25. The molecule has 1 unspecified atom stereocenters. The van der Waals surface area contributed by atoms with Crippen molar-refractivity contribution in [1.29, 1.82) is 0 Å². The van der Waals surface area contributed by atoms with Gasteiger partial charge in [-0.2, -0.15) is 0 Å². The highest BCUT2D eigenvalue weighted by Gasteiger charge is 2.24. The van der Waals surface area contributed by atoms with Gasteiger partial charge in [-0.15, -0.1) is 0 Å². The Balaban J connectivity index is 2.22. The summed E-state index contributed by atoms with van der Waals surface area (Å²) in [6, 6.07) is 5.87. The molecule has 0 amide bonds. The van der Waals surface area contributed by atoms with Crippen LogP contribution >= 0.6 is 11.6 Å². The van der Waals surface area contributed by atoms with Gasteiger partial charge in [-0.25, -0.2) is 0 Å². The van der Waals surface area contributed by atoms with Gasteiger partial charge in [0.15, 0.2) is 0 Å². The quantitative estimate of drug-likeness (QED) is 0.879. The van der Waals surface area contributed by atoms with E-state index in [0.717, 1.165) is 29.4 Å². The molecule has 1 aliphatic rings. The number of benzene rings is 1. The normalized spacial score (nSPS) is 19.9. The van der Waals surface area contributed by atoms with Crippen LogP contribution in [0.1, 0.15) is 12.0 Å². The molecule has 0 saturated carbocycles. The molecule has 1 aliphatic heterocycles. The maximum absolute atomic E-state index is 10.9. The van der Waals surface area contributed by atoms with E-state index in [-0.39, 0.29) is 12.5 Å². The standard InChI is InChI=1S/C13H17ClN2O2/c1-9-2-3-10(6-12(9)14)16-5-4-15-8-11(16)7-13(17)18/h2-3,6,11,15H,4-5,7-8H2,1H3,(H,17,18). The maximum Gasteiger partial charge on any atom is 0.305 e. The predicted molar refractivity (Wildman–Crippen MR) is 72.4 cm³/mol. The van der Waals surface area contributed by atoms with Gasteiger partial charge in [0.2, 0.25) is 0 Å². The molecule has 1 aromatic carbocycles. The number of hydrogen-bond donors (Lipinski definition) is 2. The number of halogens is 1. The van der Waals surface area contributed by atoms with E-state index in [1.165, 1.54) is 0 Å². The summed E-state index contributed by atoms with van der Waals surface area (Å²) >= 11 is 6.13. The Labute approximate surface area is 112 Å². The average Bonchev–Trinajstić information content (AvgIpc) is 2.33. The smallest absolute Gasteiger partial charge is 0.305 e. The summed E-state index contributed by atoms with van der Waals surface area (Å²) in [6.07, 6.45) is 0.137. The average molecular weight is 269 g/mol. The Bertz CT molecular complexity index is 451. The molecule has 0 radical (unpaired) electrons. The monoisotopic (exact) mass is 268 g/mol. The number of aryl methyl sites for hydroxylation is 1. The zero-order valence-corrected chi connectivity index (χ0v) is 11.1. The molecule has 98 valence electrons. The molecule has 2 rings (SSSR count). The van der Waals surface area contributed by atoms with E-state index >= 15 is 0 Å². The Kier molecular flexibility index (Phi) is 4.09. The first kappa shape index (κ1) is 13.2. The second-order valence-electron chi connectivity index (χ2n) is 4.58. The van der Waals surface area contributed by atoms with Crippen LogP contribution in [0.15, 0.2) is 18.2 Å². The van der Waals surface area contributed by atoms with Crippen molar-refractivity contribution in [3.63, 3.8) is 0 Å². The van der Waals surface area contributed by atoms with Crippen molar-refractivity contribution < 1.29 is 9.90 Å². The minimum Gasteiger partial charge on any atom is -0.481 e. The van der Waals surface area contributed by atoms with Crippen molar-refractivity contribution in [3.8, 4) is 0 Å². The van der Waals surface area contributed by atoms with Crippen LogP contribution in [-0.2, 0) is 4.79 Å². The number of carbonyl (C=O) groups is 1. The van der Waals surface area contributed by atoms with E-state index in [9.17, 15) is 4.79 Å². The molecule has 0 aromatic heterocycles. The summed E-state index contributed by atoms with van der Waals surface area (Å²) in [5, 5.41) is 12.9. The topological polar surface area (TPSA) is 52.6 Å². The third-order valence-electron chi connectivity index (χ3n) is 3.25. The van der Waals surface area contributed by atoms with Gasteiger partial charge in [-0.1, -0.05) is 17.7 Å². The second kappa shape index (κ2) is 5.59. The number of anilines is 1. The molecule has 2 N–H and O–H groups in total. The van der Waals surface area contributed by atoms with E-state index in [2.05, 4.69) is 10.2 Å². The summed E-state index contributed by atoms with van der Waals surface area (Å²) in [4.78, 5) is 13.0. The van der Waals surface area contributed by atoms with Crippen LogP contribution in [0.2, 0.25) is 5.02 Å². The highest BCUT2D eigenvalue weighted by molar-refractivity contribution is 6.31. The molecule has 1 atom stereocenters. The first-order chi connectivity index (χ1) is 8.58. The fraction of sp³-hybridized carbons (Fsp3) is 0.462. The third-order valence-corrected chi connectivity index (χ3v) is 3.65. The van der Waals surface area contributed by atoms with Gasteiger partial charge in [-0.05, 0) is 24.6 Å². The van der Waals surface area contributed by atoms with Gasteiger partial charge < -0.3 is 15.3 Å². The highest BCUT2D eigenvalue weighted by Crippen LogP contribution is 2.25. The molecule has 1 aromatic rings. The molecule has 0 bridgehead atoms. The lowest BCUT2D eigenvalue weighted by Gasteiger charge is -2.37. The van der Waals surface area contributed by atoms with E-state index in [0.29, 0.717) is 6.54 Å². The number of nitrogens with one attached hydrogen (secondary N) is 1. The van der Waals surface area contributed by atoms with Gasteiger partial charge in [0.1, 0.15) is 0 Å². The second-order valence-corrected chi connectivity index (χ2v) is 4.99. The Morgan fingerprint density at radius 2 is 2.39 bits per heavy atom. The third kappa shape index (κ3) is 2.94. The van der Waals surface area contributed by atoms with Crippen LogP contribution < -0.4 is 10.2 Å².